The molecule has 0 radical (unpaired) electrons. The van der Waals surface area contributed by atoms with Crippen LogP contribution in [0.3, 0.4) is 0 Å². The molecule has 0 aliphatic carbocycles. The van der Waals surface area contributed by atoms with E-state index < -0.39 is 0 Å². The number of hydrogen-bond donors (Lipinski definition) is 3. The van der Waals surface area contributed by atoms with Gasteiger partial charge in [-0.2, -0.15) is 5.10 Å². The van der Waals surface area contributed by atoms with Gasteiger partial charge in [0.1, 0.15) is 0 Å². The van der Waals surface area contributed by atoms with Gasteiger partial charge < -0.3 is 10.4 Å². The molecule has 1 aromatic heterocycles. The van der Waals surface area contributed by atoms with E-state index in [1.54, 1.807) is 0 Å². The topological polar surface area (TPSA) is 60.9 Å². The van der Waals surface area contributed by atoms with Crippen LogP contribution in [0.4, 0.5) is 11.4 Å². The minimum absolute atomic E-state index is 0.181. The molecule has 3 rings (SSSR count). The Morgan fingerprint density at radius 2 is 1.95 bits per heavy atom. The van der Waals surface area contributed by atoms with Crippen LogP contribution in [0.2, 0.25) is 0 Å². The molecule has 96 valence electrons. The molecule has 19 heavy (non-hydrogen) atoms. The van der Waals surface area contributed by atoms with Gasteiger partial charge in [-0.25, -0.2) is 0 Å². The number of anilines is 2. The number of nitrogens with zero attached hydrogens (tertiary/aromatic N) is 1. The summed E-state index contributed by atoms with van der Waals surface area (Å²) in [6.45, 7) is 0.181. The Morgan fingerprint density at radius 1 is 1.11 bits per heavy atom. The summed E-state index contributed by atoms with van der Waals surface area (Å²) in [4.78, 5) is 0. The lowest BCUT2D eigenvalue weighted by atomic mass is 10.1. The highest BCUT2D eigenvalue weighted by Gasteiger charge is 2.02. The number of hydrogen-bond acceptors (Lipinski definition) is 3. The Hall–Kier alpha value is -2.33. The normalized spacial score (nSPS) is 10.8. The monoisotopic (exact) mass is 253 g/mol. The number of rotatable bonds is 4. The van der Waals surface area contributed by atoms with Gasteiger partial charge in [0.2, 0.25) is 0 Å². The maximum Gasteiger partial charge on any atom is 0.0885 e. The standard InChI is InChI=1S/C15H15N3O/c19-9-8-11-4-6-13(7-5-11)17-14-3-1-2-12-10-16-18-15(12)14/h1-7,10,17,19H,8-9H2,(H,16,18). The molecule has 0 amide bonds. The van der Waals surface area contributed by atoms with Crippen molar-refractivity contribution in [2.45, 2.75) is 6.42 Å². The number of aromatic nitrogens is 2. The zero-order valence-corrected chi connectivity index (χ0v) is 10.4. The second-order valence-corrected chi connectivity index (χ2v) is 4.44. The molecule has 0 aliphatic heterocycles. The molecule has 0 spiro atoms. The van der Waals surface area contributed by atoms with Crippen LogP contribution in [0.15, 0.2) is 48.7 Å². The second-order valence-electron chi connectivity index (χ2n) is 4.44. The lowest BCUT2D eigenvalue weighted by Crippen LogP contribution is -1.93. The third kappa shape index (κ3) is 2.44. The van der Waals surface area contributed by atoms with E-state index in [1.807, 2.05) is 48.7 Å². The zero-order chi connectivity index (χ0) is 13.1. The number of aliphatic hydroxyl groups is 1. The molecule has 2 aromatic carbocycles. The van der Waals surface area contributed by atoms with Crippen LogP contribution in [-0.4, -0.2) is 21.9 Å². The summed E-state index contributed by atoms with van der Waals surface area (Å²) in [6, 6.07) is 14.1. The summed E-state index contributed by atoms with van der Waals surface area (Å²) in [6.07, 6.45) is 2.50. The number of aromatic amines is 1. The molecule has 1 heterocycles. The first-order chi connectivity index (χ1) is 9.36. The van der Waals surface area contributed by atoms with Crippen molar-refractivity contribution in [3.63, 3.8) is 0 Å². The third-order valence-electron chi connectivity index (χ3n) is 3.11. The molecule has 0 fully saturated rings. The van der Waals surface area contributed by atoms with Gasteiger partial charge in [-0.3, -0.25) is 5.10 Å². The fourth-order valence-corrected chi connectivity index (χ4v) is 2.11. The van der Waals surface area contributed by atoms with Gasteiger partial charge in [-0.05, 0) is 30.2 Å². The largest absolute Gasteiger partial charge is 0.396 e. The lowest BCUT2D eigenvalue weighted by Gasteiger charge is -2.08. The number of H-pyrrole nitrogens is 1. The van der Waals surface area contributed by atoms with E-state index >= 15 is 0 Å². The van der Waals surface area contributed by atoms with E-state index in [0.29, 0.717) is 6.42 Å². The van der Waals surface area contributed by atoms with Crippen molar-refractivity contribution in [2.75, 3.05) is 11.9 Å². The molecule has 3 aromatic rings. The van der Waals surface area contributed by atoms with Crippen LogP contribution in [0.25, 0.3) is 10.9 Å². The number of aliphatic hydroxyl groups excluding tert-OH is 1. The summed E-state index contributed by atoms with van der Waals surface area (Å²) in [7, 11) is 0. The molecule has 0 atom stereocenters. The fraction of sp³-hybridized carbons (Fsp3) is 0.133. The Labute approximate surface area is 111 Å². The van der Waals surface area contributed by atoms with Gasteiger partial charge in [0.15, 0.2) is 0 Å². The third-order valence-corrected chi connectivity index (χ3v) is 3.11. The van der Waals surface area contributed by atoms with Crippen LogP contribution < -0.4 is 5.32 Å². The lowest BCUT2D eigenvalue weighted by molar-refractivity contribution is 0.299. The van der Waals surface area contributed by atoms with Gasteiger partial charge >= 0.3 is 0 Å². The van der Waals surface area contributed by atoms with Crippen LogP contribution in [0.1, 0.15) is 5.56 Å². The highest BCUT2D eigenvalue weighted by Crippen LogP contribution is 2.24. The first-order valence-corrected chi connectivity index (χ1v) is 6.26. The van der Waals surface area contributed by atoms with Crippen LogP contribution in [-0.2, 0) is 6.42 Å². The van der Waals surface area contributed by atoms with Crippen molar-refractivity contribution in [1.82, 2.24) is 10.2 Å². The van der Waals surface area contributed by atoms with E-state index in [1.165, 1.54) is 0 Å². The van der Waals surface area contributed by atoms with Gasteiger partial charge in [0, 0.05) is 17.7 Å². The summed E-state index contributed by atoms with van der Waals surface area (Å²) in [5.41, 5.74) is 4.16. The van der Waals surface area contributed by atoms with Gasteiger partial charge in [-0.15, -0.1) is 0 Å². The van der Waals surface area contributed by atoms with E-state index in [4.69, 9.17) is 5.11 Å². The van der Waals surface area contributed by atoms with Crippen molar-refractivity contribution in [2.24, 2.45) is 0 Å². The molecule has 4 heteroatoms. The van der Waals surface area contributed by atoms with Gasteiger partial charge in [0.25, 0.3) is 0 Å². The fourth-order valence-electron chi connectivity index (χ4n) is 2.11. The second kappa shape index (κ2) is 5.12. The van der Waals surface area contributed by atoms with Crippen molar-refractivity contribution >= 4 is 22.3 Å². The molecule has 0 saturated carbocycles. The Balaban J connectivity index is 1.86. The number of nitrogens with one attached hydrogen (secondary N) is 2. The van der Waals surface area contributed by atoms with Crippen molar-refractivity contribution in [1.29, 1.82) is 0 Å². The zero-order valence-electron chi connectivity index (χ0n) is 10.4. The number of fused-ring (bicyclic) bond motifs is 1. The number of benzene rings is 2. The Bertz CT molecular complexity index is 673. The summed E-state index contributed by atoms with van der Waals surface area (Å²) < 4.78 is 0. The van der Waals surface area contributed by atoms with E-state index in [2.05, 4.69) is 15.5 Å². The maximum absolute atomic E-state index is 8.89. The molecule has 4 nitrogen and oxygen atoms in total. The molecule has 3 N–H and O–H groups in total. The molecular weight excluding hydrogens is 238 g/mol. The molecular formula is C15H15N3O. The summed E-state index contributed by atoms with van der Waals surface area (Å²) in [5.74, 6) is 0. The van der Waals surface area contributed by atoms with Crippen molar-refractivity contribution in [3.05, 3.63) is 54.2 Å². The molecule has 0 saturated heterocycles. The Morgan fingerprint density at radius 3 is 2.74 bits per heavy atom. The quantitative estimate of drug-likeness (QED) is 0.670. The Kier molecular flexibility index (Phi) is 3.16. The van der Waals surface area contributed by atoms with E-state index in [-0.39, 0.29) is 6.61 Å². The van der Waals surface area contributed by atoms with Crippen LogP contribution >= 0.6 is 0 Å². The van der Waals surface area contributed by atoms with E-state index in [0.717, 1.165) is 27.8 Å². The smallest absolute Gasteiger partial charge is 0.0885 e. The SMILES string of the molecule is OCCc1ccc(Nc2cccc3cn[nH]c23)cc1. The van der Waals surface area contributed by atoms with Gasteiger partial charge in [0.05, 0.1) is 17.4 Å². The van der Waals surface area contributed by atoms with Gasteiger partial charge in [-0.1, -0.05) is 24.3 Å². The van der Waals surface area contributed by atoms with Crippen molar-refractivity contribution < 1.29 is 5.11 Å². The molecule has 0 unspecified atom stereocenters. The number of para-hydroxylation sites is 1. The average molecular weight is 253 g/mol. The predicted molar refractivity (Wildman–Crippen MR) is 76.6 cm³/mol. The summed E-state index contributed by atoms with van der Waals surface area (Å²) >= 11 is 0. The maximum atomic E-state index is 8.89. The molecule has 0 aliphatic rings. The average Bonchev–Trinajstić information content (AvgIpc) is 2.91. The first kappa shape index (κ1) is 11.7. The first-order valence-electron chi connectivity index (χ1n) is 6.26. The highest BCUT2D eigenvalue weighted by molar-refractivity contribution is 5.91. The predicted octanol–water partition coefficient (Wildman–Crippen LogP) is 2.84. The minimum atomic E-state index is 0.181. The molecule has 0 bridgehead atoms. The van der Waals surface area contributed by atoms with Crippen LogP contribution in [0.5, 0.6) is 0 Å². The highest BCUT2D eigenvalue weighted by atomic mass is 16.2. The van der Waals surface area contributed by atoms with E-state index in [9.17, 15) is 0 Å². The minimum Gasteiger partial charge on any atom is -0.396 e. The van der Waals surface area contributed by atoms with Crippen LogP contribution in [0, 0.1) is 0 Å². The van der Waals surface area contributed by atoms with Crippen molar-refractivity contribution in [3.8, 4) is 0 Å². The summed E-state index contributed by atoms with van der Waals surface area (Å²) in [5, 5.41) is 20.4.